The van der Waals surface area contributed by atoms with Gasteiger partial charge in [-0.15, -0.1) is 0 Å². The molecule has 0 bridgehead atoms. The number of hydrogen-bond donors (Lipinski definition) is 0. The fourth-order valence-corrected chi connectivity index (χ4v) is 5.74. The lowest BCUT2D eigenvalue weighted by Crippen LogP contribution is -2.39. The zero-order chi connectivity index (χ0) is 19.9. The van der Waals surface area contributed by atoms with E-state index in [1.165, 1.54) is 22.5 Å². The van der Waals surface area contributed by atoms with Crippen LogP contribution < -0.4 is 0 Å². The first-order chi connectivity index (χ1) is 13.3. The van der Waals surface area contributed by atoms with Crippen molar-refractivity contribution in [1.82, 2.24) is 9.21 Å². The maximum atomic E-state index is 13.0. The molecule has 1 aliphatic rings. The molecule has 2 aromatic carbocycles. The van der Waals surface area contributed by atoms with Crippen LogP contribution >= 0.6 is 23.2 Å². The Morgan fingerprint density at radius 2 is 1.96 bits per heavy atom. The van der Waals surface area contributed by atoms with Crippen molar-refractivity contribution in [3.8, 4) is 0 Å². The van der Waals surface area contributed by atoms with E-state index in [2.05, 4.69) is 4.90 Å². The van der Waals surface area contributed by atoms with Gasteiger partial charge in [-0.05, 0) is 36.8 Å². The van der Waals surface area contributed by atoms with Gasteiger partial charge < -0.3 is 4.42 Å². The van der Waals surface area contributed by atoms with Crippen molar-refractivity contribution < 1.29 is 12.8 Å². The summed E-state index contributed by atoms with van der Waals surface area (Å²) in [6.45, 7) is 2.09. The van der Waals surface area contributed by atoms with Crippen LogP contribution in [0.4, 0.5) is 0 Å². The van der Waals surface area contributed by atoms with E-state index >= 15 is 0 Å². The average Bonchev–Trinajstić information content (AvgIpc) is 3.27. The van der Waals surface area contributed by atoms with Gasteiger partial charge in [0.25, 0.3) is 0 Å². The summed E-state index contributed by atoms with van der Waals surface area (Å²) in [5.41, 5.74) is 0.866. The van der Waals surface area contributed by atoms with Crippen LogP contribution in [0.25, 0.3) is 11.0 Å². The minimum Gasteiger partial charge on any atom is -0.460 e. The quantitative estimate of drug-likeness (QED) is 0.582. The first-order valence-corrected chi connectivity index (χ1v) is 11.2. The first kappa shape index (κ1) is 19.7. The molecule has 0 spiro atoms. The predicted molar refractivity (Wildman–Crippen MR) is 111 cm³/mol. The summed E-state index contributed by atoms with van der Waals surface area (Å²) in [4.78, 5) is 2.29. The molecule has 28 heavy (non-hydrogen) atoms. The largest absolute Gasteiger partial charge is 0.460 e. The van der Waals surface area contributed by atoms with Gasteiger partial charge in [-0.3, -0.25) is 4.90 Å². The van der Waals surface area contributed by atoms with Gasteiger partial charge in [0.05, 0.1) is 11.6 Å². The van der Waals surface area contributed by atoms with Crippen molar-refractivity contribution in [2.45, 2.75) is 23.9 Å². The molecule has 2 heterocycles. The van der Waals surface area contributed by atoms with Gasteiger partial charge in [0, 0.05) is 36.6 Å². The highest BCUT2D eigenvalue weighted by Crippen LogP contribution is 2.30. The van der Waals surface area contributed by atoms with Gasteiger partial charge in [-0.1, -0.05) is 41.4 Å². The lowest BCUT2D eigenvalue weighted by atomic mass is 10.2. The second kappa shape index (κ2) is 7.69. The lowest BCUT2D eigenvalue weighted by molar-refractivity contribution is 0.278. The molecule has 0 N–H and O–H groups in total. The number of furan rings is 1. The second-order valence-electron chi connectivity index (χ2n) is 7.02. The summed E-state index contributed by atoms with van der Waals surface area (Å²) in [6.07, 6.45) is 0.751. The fraction of sp³-hybridized carbons (Fsp3) is 0.300. The normalized spacial score (nSPS) is 18.4. The van der Waals surface area contributed by atoms with Crippen molar-refractivity contribution in [2.75, 3.05) is 20.1 Å². The maximum Gasteiger partial charge on any atom is 0.244 e. The molecule has 1 aliphatic heterocycles. The van der Waals surface area contributed by atoms with E-state index < -0.39 is 10.0 Å². The molecule has 1 fully saturated rings. The number of likely N-dealkylation sites (tertiary alicyclic amines) is 1. The fourth-order valence-electron chi connectivity index (χ4n) is 3.62. The maximum absolute atomic E-state index is 13.0. The molecular weight excluding hydrogens is 419 g/mol. The van der Waals surface area contributed by atoms with Gasteiger partial charge in [0.2, 0.25) is 10.0 Å². The summed E-state index contributed by atoms with van der Waals surface area (Å²) in [7, 11) is -2.09. The zero-order valence-electron chi connectivity index (χ0n) is 15.3. The molecule has 5 nitrogen and oxygen atoms in total. The number of hydrogen-bond acceptors (Lipinski definition) is 4. The second-order valence-corrected chi connectivity index (χ2v) is 9.83. The van der Waals surface area contributed by atoms with E-state index in [1.54, 1.807) is 7.05 Å². The molecular formula is C20H20Cl2N2O3S. The minimum absolute atomic E-state index is 0.0804. The Bertz CT molecular complexity index is 1080. The third-order valence-corrected chi connectivity index (χ3v) is 7.80. The minimum atomic E-state index is -3.69. The Labute approximate surface area is 174 Å². The van der Waals surface area contributed by atoms with Crippen molar-refractivity contribution in [2.24, 2.45) is 0 Å². The van der Waals surface area contributed by atoms with E-state index in [9.17, 15) is 8.42 Å². The highest BCUT2D eigenvalue weighted by Gasteiger charge is 2.34. The van der Waals surface area contributed by atoms with Crippen molar-refractivity contribution in [3.05, 3.63) is 64.3 Å². The number of benzene rings is 2. The number of likely N-dealkylation sites (N-methyl/N-ethyl adjacent to an activating group) is 1. The van der Waals surface area contributed by atoms with Crippen LogP contribution in [0, 0.1) is 0 Å². The number of sulfonamides is 1. The third kappa shape index (κ3) is 3.80. The van der Waals surface area contributed by atoms with E-state index in [0.717, 1.165) is 29.7 Å². The molecule has 0 radical (unpaired) electrons. The molecule has 0 aliphatic carbocycles. The Kier molecular flexibility index (Phi) is 5.42. The van der Waals surface area contributed by atoms with Gasteiger partial charge in [0.15, 0.2) is 0 Å². The van der Waals surface area contributed by atoms with E-state index in [0.29, 0.717) is 18.1 Å². The van der Waals surface area contributed by atoms with Crippen LogP contribution in [0.1, 0.15) is 12.2 Å². The van der Waals surface area contributed by atoms with Crippen LogP contribution in [0.15, 0.2) is 57.8 Å². The van der Waals surface area contributed by atoms with Crippen molar-refractivity contribution >= 4 is 44.2 Å². The number of fused-ring (bicyclic) bond motifs is 1. The van der Waals surface area contributed by atoms with Gasteiger partial charge >= 0.3 is 0 Å². The van der Waals surface area contributed by atoms with Crippen LogP contribution in [0.5, 0.6) is 0 Å². The molecule has 3 aromatic rings. The highest BCUT2D eigenvalue weighted by molar-refractivity contribution is 7.89. The van der Waals surface area contributed by atoms with Crippen LogP contribution in [-0.2, 0) is 16.6 Å². The summed E-state index contributed by atoms with van der Waals surface area (Å²) < 4.78 is 33.3. The van der Waals surface area contributed by atoms with Crippen LogP contribution in [0.2, 0.25) is 10.0 Å². The predicted octanol–water partition coefficient (Wildman–Crippen LogP) is 4.63. The topological polar surface area (TPSA) is 53.8 Å². The van der Waals surface area contributed by atoms with E-state index in [1.807, 2.05) is 30.3 Å². The standard InChI is InChI=1S/C20H20Cl2N2O3S/c1-23(28(25,26)20-7-6-15(21)11-18(20)22)16-8-9-24(12-16)13-17-10-14-4-2-3-5-19(14)27-17/h2-7,10-11,16H,8-9,12-13H2,1H3. The van der Waals surface area contributed by atoms with Gasteiger partial charge in [-0.25, -0.2) is 8.42 Å². The molecule has 1 atom stereocenters. The van der Waals surface area contributed by atoms with E-state index in [4.69, 9.17) is 27.6 Å². The lowest BCUT2D eigenvalue weighted by Gasteiger charge is -2.24. The molecule has 8 heteroatoms. The molecule has 0 amide bonds. The highest BCUT2D eigenvalue weighted by atomic mass is 35.5. The Hall–Kier alpha value is -1.57. The zero-order valence-corrected chi connectivity index (χ0v) is 17.6. The summed E-state index contributed by atoms with van der Waals surface area (Å²) in [6, 6.07) is 14.3. The molecule has 4 rings (SSSR count). The molecule has 0 saturated carbocycles. The summed E-state index contributed by atoms with van der Waals surface area (Å²) >= 11 is 12.0. The van der Waals surface area contributed by atoms with E-state index in [-0.39, 0.29) is 16.0 Å². The smallest absolute Gasteiger partial charge is 0.244 e. The Balaban J connectivity index is 1.47. The Morgan fingerprint density at radius 3 is 2.71 bits per heavy atom. The summed E-state index contributed by atoms with van der Waals surface area (Å²) in [5.74, 6) is 0.883. The first-order valence-electron chi connectivity index (χ1n) is 8.97. The number of para-hydroxylation sites is 1. The average molecular weight is 439 g/mol. The van der Waals surface area contributed by atoms with Crippen molar-refractivity contribution in [1.29, 1.82) is 0 Å². The monoisotopic (exact) mass is 438 g/mol. The summed E-state index contributed by atoms with van der Waals surface area (Å²) in [5, 5.41) is 1.62. The number of halogens is 2. The van der Waals surface area contributed by atoms with Gasteiger partial charge in [0.1, 0.15) is 16.2 Å². The number of rotatable bonds is 5. The molecule has 1 saturated heterocycles. The van der Waals surface area contributed by atoms with Crippen LogP contribution in [-0.4, -0.2) is 43.8 Å². The number of nitrogens with zero attached hydrogens (tertiary/aromatic N) is 2. The third-order valence-electron chi connectivity index (χ3n) is 5.17. The van der Waals surface area contributed by atoms with Gasteiger partial charge in [-0.2, -0.15) is 4.31 Å². The Morgan fingerprint density at radius 1 is 1.18 bits per heavy atom. The SMILES string of the molecule is CN(C1CCN(Cc2cc3ccccc3o2)C1)S(=O)(=O)c1ccc(Cl)cc1Cl. The molecule has 148 valence electrons. The molecule has 1 unspecified atom stereocenters. The van der Waals surface area contributed by atoms with Crippen molar-refractivity contribution in [3.63, 3.8) is 0 Å². The van der Waals surface area contributed by atoms with Crippen LogP contribution in [0.3, 0.4) is 0 Å². The molecule has 1 aromatic heterocycles.